The highest BCUT2D eigenvalue weighted by atomic mass is 15.2. The fourth-order valence-electron chi connectivity index (χ4n) is 11.7. The molecule has 0 atom stereocenters. The molecule has 2 aliphatic rings. The van der Waals surface area contributed by atoms with Gasteiger partial charge in [0.1, 0.15) is 0 Å². The van der Waals surface area contributed by atoms with Crippen molar-refractivity contribution in [2.45, 2.75) is 85.5 Å². The fourth-order valence-corrected chi connectivity index (χ4v) is 11.7. The Morgan fingerprint density at radius 3 is 1.49 bits per heavy atom. The highest BCUT2D eigenvalue weighted by Crippen LogP contribution is 2.52. The number of anilines is 8. The highest BCUT2D eigenvalue weighted by molar-refractivity contribution is 6.94. The van der Waals surface area contributed by atoms with Gasteiger partial charge in [0, 0.05) is 56.4 Å². The summed E-state index contributed by atoms with van der Waals surface area (Å²) in [5.41, 5.74) is 24.2. The van der Waals surface area contributed by atoms with Gasteiger partial charge in [-0.15, -0.1) is 0 Å². The van der Waals surface area contributed by atoms with Crippen LogP contribution in [0.4, 0.5) is 45.5 Å². The maximum Gasteiger partial charge on any atom is 0.333 e. The summed E-state index contributed by atoms with van der Waals surface area (Å²) in [5, 5.41) is 2.46. The molecule has 0 spiro atoms. The maximum absolute atomic E-state index is 2.67. The molecule has 0 N–H and O–H groups in total. The molecule has 368 valence electrons. The number of benzene rings is 10. The van der Waals surface area contributed by atoms with Crippen LogP contribution in [0, 0.1) is 6.92 Å². The van der Waals surface area contributed by atoms with E-state index in [1.54, 1.807) is 0 Å². The zero-order valence-corrected chi connectivity index (χ0v) is 45.2. The van der Waals surface area contributed by atoms with Gasteiger partial charge in [-0.05, 0) is 162 Å². The van der Waals surface area contributed by atoms with Gasteiger partial charge in [-0.25, -0.2) is 0 Å². The second-order valence-electron chi connectivity index (χ2n) is 23.9. The molecule has 2 heterocycles. The Morgan fingerprint density at radius 1 is 0.387 bits per heavy atom. The molecule has 0 radical (unpaired) electrons. The minimum absolute atomic E-state index is 0.00685. The molecule has 12 rings (SSSR count). The average Bonchev–Trinajstić information content (AvgIpc) is 3.42. The summed E-state index contributed by atoms with van der Waals surface area (Å²) >= 11 is 0. The molecular weight excluding hydrogens is 906 g/mol. The zero-order valence-electron chi connectivity index (χ0n) is 45.2. The van der Waals surface area contributed by atoms with Crippen LogP contribution in [0.15, 0.2) is 218 Å². The summed E-state index contributed by atoms with van der Waals surface area (Å²) in [4.78, 5) is 7.73. The first-order valence-corrected chi connectivity index (χ1v) is 26.8. The van der Waals surface area contributed by atoms with Crippen LogP contribution < -0.4 is 25.5 Å². The molecule has 0 saturated carbocycles. The van der Waals surface area contributed by atoms with Crippen molar-refractivity contribution in [2.75, 3.05) is 14.6 Å². The van der Waals surface area contributed by atoms with Crippen molar-refractivity contribution in [2.24, 2.45) is 0 Å². The largest absolute Gasteiger partial charge is 0.376 e. The number of aryl methyl sites for hydroxylation is 1. The molecule has 0 fully saturated rings. The van der Waals surface area contributed by atoms with E-state index in [1.165, 1.54) is 94.4 Å². The van der Waals surface area contributed by atoms with Crippen molar-refractivity contribution in [3.8, 4) is 33.4 Å². The number of rotatable bonds is 7. The van der Waals surface area contributed by atoms with Crippen molar-refractivity contribution in [1.29, 1.82) is 0 Å². The smallest absolute Gasteiger partial charge is 0.333 e. The topological polar surface area (TPSA) is 9.72 Å². The molecule has 2 aliphatic heterocycles. The van der Waals surface area contributed by atoms with E-state index in [2.05, 4.69) is 302 Å². The minimum Gasteiger partial charge on any atom is -0.376 e. The first-order chi connectivity index (χ1) is 36.0. The molecule has 0 aromatic heterocycles. The second-order valence-corrected chi connectivity index (χ2v) is 23.9. The third kappa shape index (κ3) is 8.51. The van der Waals surface area contributed by atoms with Gasteiger partial charge in [-0.3, -0.25) is 0 Å². The van der Waals surface area contributed by atoms with Crippen LogP contribution in [0.5, 0.6) is 0 Å². The molecule has 0 unspecified atom stereocenters. The summed E-state index contributed by atoms with van der Waals surface area (Å²) in [6.45, 7) is 22.8. The van der Waals surface area contributed by atoms with Crippen molar-refractivity contribution >= 4 is 74.0 Å². The van der Waals surface area contributed by atoms with E-state index in [0.29, 0.717) is 0 Å². The van der Waals surface area contributed by atoms with E-state index in [1.807, 2.05) is 0 Å². The fraction of sp³-hybridized carbons (Fsp3) is 0.183. The van der Waals surface area contributed by atoms with E-state index in [0.717, 1.165) is 28.4 Å². The first kappa shape index (κ1) is 47.9. The van der Waals surface area contributed by atoms with E-state index in [9.17, 15) is 0 Å². The van der Waals surface area contributed by atoms with Gasteiger partial charge in [-0.2, -0.15) is 0 Å². The van der Waals surface area contributed by atoms with Crippen molar-refractivity contribution in [3.63, 3.8) is 0 Å². The molecule has 0 bridgehead atoms. The molecular formula is C71H66BN3. The Morgan fingerprint density at radius 2 is 0.920 bits per heavy atom. The molecule has 10 aromatic carbocycles. The summed E-state index contributed by atoms with van der Waals surface area (Å²) < 4.78 is 0. The summed E-state index contributed by atoms with van der Waals surface area (Å²) in [7, 11) is 0. The van der Waals surface area contributed by atoms with E-state index < -0.39 is 0 Å². The monoisotopic (exact) mass is 972 g/mol. The minimum atomic E-state index is -0.173. The SMILES string of the molecule is Cc1cc(-c2ccccc2)ccc1N1c2cc(N(c3ccc(C(C)(C)C)cc3)c3ccc(C(C)(C)C)cc3)ccc2B2c3c(cc(-c4ccccc4)cc31)-c1ccc3ccccc3c1N2c1ccc(C(C)(C)C)cc1. The van der Waals surface area contributed by atoms with Crippen molar-refractivity contribution < 1.29 is 0 Å². The number of fused-ring (bicyclic) bond motifs is 6. The lowest BCUT2D eigenvalue weighted by Gasteiger charge is -2.47. The molecule has 0 amide bonds. The quantitative estimate of drug-likeness (QED) is 0.147. The summed E-state index contributed by atoms with van der Waals surface area (Å²) in [6.07, 6.45) is 0. The van der Waals surface area contributed by atoms with Crippen LogP contribution in [0.1, 0.15) is 84.6 Å². The number of nitrogens with zero attached hydrogens (tertiary/aromatic N) is 3. The molecule has 3 nitrogen and oxygen atoms in total. The third-order valence-electron chi connectivity index (χ3n) is 15.8. The van der Waals surface area contributed by atoms with Crippen molar-refractivity contribution in [3.05, 3.63) is 241 Å². The van der Waals surface area contributed by atoms with Crippen molar-refractivity contribution in [1.82, 2.24) is 0 Å². The van der Waals surface area contributed by atoms with Gasteiger partial charge in [0.2, 0.25) is 0 Å². The predicted molar refractivity (Wildman–Crippen MR) is 324 cm³/mol. The lowest BCUT2D eigenvalue weighted by molar-refractivity contribution is 0.590. The lowest BCUT2D eigenvalue weighted by Crippen LogP contribution is -2.61. The Bertz CT molecular complexity index is 3710. The zero-order chi connectivity index (χ0) is 52.0. The third-order valence-corrected chi connectivity index (χ3v) is 15.8. The molecule has 10 aromatic rings. The average molecular weight is 972 g/mol. The maximum atomic E-state index is 2.67. The van der Waals surface area contributed by atoms with Crippen LogP contribution in [0.3, 0.4) is 0 Å². The first-order valence-electron chi connectivity index (χ1n) is 26.8. The van der Waals surface area contributed by atoms with E-state index >= 15 is 0 Å². The predicted octanol–water partition coefficient (Wildman–Crippen LogP) is 18.6. The Kier molecular flexibility index (Phi) is 11.6. The van der Waals surface area contributed by atoms with Gasteiger partial charge in [0.05, 0.1) is 0 Å². The van der Waals surface area contributed by atoms with Crippen LogP contribution in [0.2, 0.25) is 0 Å². The van der Waals surface area contributed by atoms with Crippen LogP contribution in [0.25, 0.3) is 44.2 Å². The Hall–Kier alpha value is -8.08. The Labute approximate surface area is 445 Å². The van der Waals surface area contributed by atoms with Gasteiger partial charge in [0.15, 0.2) is 0 Å². The molecule has 75 heavy (non-hydrogen) atoms. The van der Waals surface area contributed by atoms with Gasteiger partial charge in [0.25, 0.3) is 0 Å². The molecule has 4 heteroatoms. The van der Waals surface area contributed by atoms with Crippen LogP contribution >= 0.6 is 0 Å². The molecule has 0 aliphatic carbocycles. The van der Waals surface area contributed by atoms with Gasteiger partial charge in [-0.1, -0.05) is 208 Å². The summed E-state index contributed by atoms with van der Waals surface area (Å²) in [5.74, 6) is 0. The van der Waals surface area contributed by atoms with E-state index in [-0.39, 0.29) is 23.1 Å². The Balaban J connectivity index is 1.18. The summed E-state index contributed by atoms with van der Waals surface area (Å²) in [6, 6.07) is 82.6. The van der Waals surface area contributed by atoms with Gasteiger partial charge >= 0.3 is 6.85 Å². The van der Waals surface area contributed by atoms with Crippen LogP contribution in [-0.4, -0.2) is 6.85 Å². The molecule has 0 saturated heterocycles. The van der Waals surface area contributed by atoms with E-state index in [4.69, 9.17) is 0 Å². The second kappa shape index (κ2) is 18.1. The number of hydrogen-bond acceptors (Lipinski definition) is 3. The lowest BCUT2D eigenvalue weighted by atomic mass is 9.43. The number of hydrogen-bond donors (Lipinski definition) is 0. The normalized spacial score (nSPS) is 13.1. The standard InChI is InChI=1S/C71H66BN3/c1-47-43-51(48-19-13-11-14-20-48)26-42-64(47)74-65-46-59(73(56-33-27-53(28-34-56)69(2,3)4)57-35-29-54(30-36-57)70(5,6)7)39-41-63(65)72-67-62(44-52(45-66(67)74)49-21-15-12-16-22-49)61-40-25-50-23-17-18-24-60(50)68(61)75(72)58-37-31-55(32-38-58)71(8,9)10/h11-46H,1-10H3. The van der Waals surface area contributed by atoms with Crippen LogP contribution in [-0.2, 0) is 16.2 Å². The van der Waals surface area contributed by atoms with Gasteiger partial charge < -0.3 is 14.6 Å². The highest BCUT2D eigenvalue weighted by Gasteiger charge is 2.46.